The van der Waals surface area contributed by atoms with Gasteiger partial charge < -0.3 is 5.32 Å². The Kier molecular flexibility index (Phi) is 7.34. The number of Topliss-reactive ketones (excluding diaryl/α,β-unsaturated/α-hetero) is 1. The molecule has 5 rings (SSSR count). The summed E-state index contributed by atoms with van der Waals surface area (Å²) in [6.07, 6.45) is 1.40. The monoisotopic (exact) mass is 474 g/mol. The maximum Gasteiger partial charge on any atom is 0.241 e. The predicted molar refractivity (Wildman–Crippen MR) is 144 cm³/mol. The van der Waals surface area contributed by atoms with Crippen molar-refractivity contribution in [3.8, 4) is 0 Å². The molecule has 0 spiro atoms. The summed E-state index contributed by atoms with van der Waals surface area (Å²) in [6.45, 7) is 0.728. The molecule has 0 fully saturated rings. The van der Waals surface area contributed by atoms with E-state index in [2.05, 4.69) is 22.3 Å². The lowest BCUT2D eigenvalue weighted by molar-refractivity contribution is -0.125. The van der Waals surface area contributed by atoms with Crippen LogP contribution < -0.4 is 5.32 Å². The second-order valence-corrected chi connectivity index (χ2v) is 9.31. The van der Waals surface area contributed by atoms with Crippen LogP contribution in [0.25, 0.3) is 0 Å². The molecular weight excluding hydrogens is 444 g/mol. The van der Waals surface area contributed by atoms with Crippen LogP contribution in [-0.2, 0) is 22.6 Å². The van der Waals surface area contributed by atoms with Gasteiger partial charge in [-0.05, 0) is 41.2 Å². The van der Waals surface area contributed by atoms with E-state index in [1.165, 1.54) is 5.56 Å². The van der Waals surface area contributed by atoms with Gasteiger partial charge in [-0.3, -0.25) is 14.5 Å². The number of amides is 1. The van der Waals surface area contributed by atoms with Crippen LogP contribution >= 0.6 is 0 Å². The summed E-state index contributed by atoms with van der Waals surface area (Å²) in [5, 5.41) is 3.11. The molecular formula is C32H30N2O2. The number of hydrogen-bond acceptors (Lipinski definition) is 3. The molecule has 1 amide bonds. The first-order valence-electron chi connectivity index (χ1n) is 12.5. The summed E-state index contributed by atoms with van der Waals surface area (Å²) in [4.78, 5) is 29.5. The lowest BCUT2D eigenvalue weighted by Crippen LogP contribution is -2.45. The zero-order chi connectivity index (χ0) is 24.7. The minimum absolute atomic E-state index is 0.0559. The van der Waals surface area contributed by atoms with Crippen molar-refractivity contribution in [1.82, 2.24) is 4.90 Å². The summed E-state index contributed by atoms with van der Waals surface area (Å²) in [7, 11) is 0. The Morgan fingerprint density at radius 3 is 1.97 bits per heavy atom. The summed E-state index contributed by atoms with van der Waals surface area (Å²) in [6, 6.07) is 37.5. The number of anilines is 1. The molecule has 1 N–H and O–H groups in total. The maximum absolute atomic E-state index is 14.0. The van der Waals surface area contributed by atoms with Gasteiger partial charge in [-0.2, -0.15) is 0 Å². The van der Waals surface area contributed by atoms with Gasteiger partial charge in [0, 0.05) is 12.2 Å². The Morgan fingerprint density at radius 1 is 0.778 bits per heavy atom. The summed E-state index contributed by atoms with van der Waals surface area (Å²) >= 11 is 0. The molecule has 4 aromatic carbocycles. The molecule has 0 aliphatic carbocycles. The molecule has 4 heteroatoms. The number of nitrogens with zero attached hydrogens (tertiary/aromatic N) is 1. The van der Waals surface area contributed by atoms with Gasteiger partial charge in [-0.25, -0.2) is 0 Å². The fraction of sp³-hybridized carbons (Fsp3) is 0.188. The second-order valence-electron chi connectivity index (χ2n) is 9.31. The van der Waals surface area contributed by atoms with Gasteiger partial charge in [0.15, 0.2) is 5.78 Å². The maximum atomic E-state index is 14.0. The van der Waals surface area contributed by atoms with E-state index >= 15 is 0 Å². The zero-order valence-corrected chi connectivity index (χ0v) is 20.2. The van der Waals surface area contributed by atoms with Gasteiger partial charge in [0.1, 0.15) is 0 Å². The van der Waals surface area contributed by atoms with E-state index in [9.17, 15) is 9.59 Å². The first-order valence-corrected chi connectivity index (χ1v) is 12.5. The SMILES string of the molecule is O=C(CN1Cc2ccccc2NC(=O)C1CCc1ccccc1)C(c1ccccc1)c1ccccc1. The van der Waals surface area contributed by atoms with Crippen molar-refractivity contribution >= 4 is 17.4 Å². The Bertz CT molecular complexity index is 1270. The summed E-state index contributed by atoms with van der Waals surface area (Å²) in [5.74, 6) is -0.354. The van der Waals surface area contributed by atoms with Crippen LogP contribution in [0.15, 0.2) is 115 Å². The van der Waals surface area contributed by atoms with Gasteiger partial charge >= 0.3 is 0 Å². The van der Waals surface area contributed by atoms with E-state index < -0.39 is 6.04 Å². The van der Waals surface area contributed by atoms with E-state index in [0.717, 1.165) is 28.8 Å². The Hall–Kier alpha value is -4.02. The molecule has 180 valence electrons. The van der Waals surface area contributed by atoms with Gasteiger partial charge in [0.05, 0.1) is 18.5 Å². The van der Waals surface area contributed by atoms with Gasteiger partial charge in [-0.1, -0.05) is 109 Å². The molecule has 36 heavy (non-hydrogen) atoms. The van der Waals surface area contributed by atoms with Crippen LogP contribution in [0.3, 0.4) is 0 Å². The van der Waals surface area contributed by atoms with Crippen LogP contribution in [0.2, 0.25) is 0 Å². The smallest absolute Gasteiger partial charge is 0.241 e. The molecule has 1 aliphatic rings. The molecule has 1 unspecified atom stereocenters. The highest BCUT2D eigenvalue weighted by Crippen LogP contribution is 2.29. The number of carbonyl (C=O) groups is 2. The molecule has 1 heterocycles. The molecule has 4 nitrogen and oxygen atoms in total. The third-order valence-corrected chi connectivity index (χ3v) is 6.89. The third-order valence-electron chi connectivity index (χ3n) is 6.89. The standard InChI is InChI=1S/C32H30N2O2/c35-30(31(25-14-6-2-7-15-25)26-16-8-3-9-17-26)23-34-22-27-18-10-11-19-28(27)33-32(36)29(34)21-20-24-12-4-1-5-13-24/h1-19,29,31H,20-23H2,(H,33,36). The minimum Gasteiger partial charge on any atom is -0.324 e. The fourth-order valence-corrected chi connectivity index (χ4v) is 5.07. The molecule has 0 bridgehead atoms. The zero-order valence-electron chi connectivity index (χ0n) is 20.2. The van der Waals surface area contributed by atoms with E-state index in [1.54, 1.807) is 0 Å². The number of nitrogens with one attached hydrogen (secondary N) is 1. The minimum atomic E-state index is -0.409. The lowest BCUT2D eigenvalue weighted by Gasteiger charge is -2.29. The highest BCUT2D eigenvalue weighted by atomic mass is 16.2. The largest absolute Gasteiger partial charge is 0.324 e. The number of benzene rings is 4. The van der Waals surface area contributed by atoms with Crippen LogP contribution in [-0.4, -0.2) is 29.2 Å². The molecule has 0 saturated carbocycles. The number of para-hydroxylation sites is 1. The van der Waals surface area contributed by atoms with Gasteiger partial charge in [0.25, 0.3) is 0 Å². The van der Waals surface area contributed by atoms with Crippen molar-refractivity contribution in [3.05, 3.63) is 138 Å². The average Bonchev–Trinajstić information content (AvgIpc) is 3.04. The second kappa shape index (κ2) is 11.1. The number of ketones is 1. The Labute approximate surface area is 212 Å². The van der Waals surface area contributed by atoms with Crippen LogP contribution in [0, 0.1) is 0 Å². The topological polar surface area (TPSA) is 49.4 Å². The van der Waals surface area contributed by atoms with Gasteiger partial charge in [0.2, 0.25) is 5.91 Å². The number of aryl methyl sites for hydroxylation is 1. The number of hydrogen-bond donors (Lipinski definition) is 1. The van der Waals surface area contributed by atoms with Crippen molar-refractivity contribution in [2.45, 2.75) is 31.3 Å². The van der Waals surface area contributed by atoms with Crippen molar-refractivity contribution in [2.24, 2.45) is 0 Å². The highest BCUT2D eigenvalue weighted by Gasteiger charge is 2.33. The fourth-order valence-electron chi connectivity index (χ4n) is 5.07. The molecule has 0 aromatic heterocycles. The third kappa shape index (κ3) is 5.45. The number of carbonyl (C=O) groups excluding carboxylic acids is 2. The van der Waals surface area contributed by atoms with Crippen molar-refractivity contribution in [3.63, 3.8) is 0 Å². The summed E-state index contributed by atoms with van der Waals surface area (Å²) < 4.78 is 0. The van der Waals surface area contributed by atoms with Crippen LogP contribution in [0.5, 0.6) is 0 Å². The van der Waals surface area contributed by atoms with Gasteiger partial charge in [-0.15, -0.1) is 0 Å². The molecule has 4 aromatic rings. The van der Waals surface area contributed by atoms with E-state index in [0.29, 0.717) is 13.0 Å². The first kappa shape index (κ1) is 23.7. The molecule has 1 aliphatic heterocycles. The average molecular weight is 475 g/mol. The number of rotatable bonds is 8. The van der Waals surface area contributed by atoms with Crippen LogP contribution in [0.4, 0.5) is 5.69 Å². The summed E-state index contributed by atoms with van der Waals surface area (Å²) in [5.41, 5.74) is 4.97. The van der Waals surface area contributed by atoms with Crippen molar-refractivity contribution < 1.29 is 9.59 Å². The quantitative estimate of drug-likeness (QED) is 0.349. The van der Waals surface area contributed by atoms with E-state index in [4.69, 9.17) is 0 Å². The molecule has 0 saturated heterocycles. The Balaban J connectivity index is 1.45. The van der Waals surface area contributed by atoms with E-state index in [1.807, 2.05) is 103 Å². The van der Waals surface area contributed by atoms with Crippen molar-refractivity contribution in [2.75, 3.05) is 11.9 Å². The first-order chi connectivity index (χ1) is 17.7. The normalized spacial score (nSPS) is 15.7. The highest BCUT2D eigenvalue weighted by molar-refractivity contribution is 5.97. The van der Waals surface area contributed by atoms with Crippen molar-refractivity contribution in [1.29, 1.82) is 0 Å². The predicted octanol–water partition coefficient (Wildman–Crippen LogP) is 5.84. The lowest BCUT2D eigenvalue weighted by atomic mass is 9.87. The molecule has 1 atom stereocenters. The Morgan fingerprint density at radius 2 is 1.33 bits per heavy atom. The van der Waals surface area contributed by atoms with Crippen LogP contribution in [0.1, 0.15) is 34.6 Å². The number of fused-ring (bicyclic) bond motifs is 1. The van der Waals surface area contributed by atoms with E-state index in [-0.39, 0.29) is 24.2 Å². The molecule has 0 radical (unpaired) electrons.